The van der Waals surface area contributed by atoms with Gasteiger partial charge in [0.25, 0.3) is 11.8 Å². The molecule has 0 spiro atoms. The smallest absolute Gasteiger partial charge is 0.326 e. The molecule has 0 aromatic heterocycles. The molecule has 0 aliphatic carbocycles. The number of carbonyl (C=O) groups is 3. The van der Waals surface area contributed by atoms with Gasteiger partial charge >= 0.3 is 5.97 Å². The van der Waals surface area contributed by atoms with Crippen molar-refractivity contribution in [1.82, 2.24) is 10.6 Å². The summed E-state index contributed by atoms with van der Waals surface area (Å²) in [5.74, 6) is -2.37. The first-order valence-corrected chi connectivity index (χ1v) is 11.3. The number of aliphatic carboxylic acids is 1. The highest BCUT2D eigenvalue weighted by Gasteiger charge is 2.23. The SMILES string of the molecule is O=C(NC(Cc1ccccc1)C(=O)O)C(=CC=Cc1ccccc1)NC(=O)c1cccc(Br)c1. The van der Waals surface area contributed by atoms with Gasteiger partial charge in [0.05, 0.1) is 0 Å². The van der Waals surface area contributed by atoms with Crippen molar-refractivity contribution < 1.29 is 19.5 Å². The number of benzene rings is 3. The van der Waals surface area contributed by atoms with Gasteiger partial charge in [0.2, 0.25) is 0 Å². The van der Waals surface area contributed by atoms with Crippen molar-refractivity contribution in [3.8, 4) is 0 Å². The first kappa shape index (κ1) is 24.7. The van der Waals surface area contributed by atoms with E-state index in [9.17, 15) is 19.5 Å². The van der Waals surface area contributed by atoms with Crippen LogP contribution in [-0.4, -0.2) is 28.9 Å². The zero-order chi connectivity index (χ0) is 24.3. The van der Waals surface area contributed by atoms with Crippen LogP contribution in [-0.2, 0) is 16.0 Å². The molecule has 172 valence electrons. The maximum atomic E-state index is 13.0. The Morgan fingerprint density at radius 2 is 1.59 bits per heavy atom. The molecular formula is C27H23BrN2O4. The molecule has 0 fully saturated rings. The second-order valence-corrected chi connectivity index (χ2v) is 8.28. The van der Waals surface area contributed by atoms with Gasteiger partial charge < -0.3 is 15.7 Å². The van der Waals surface area contributed by atoms with Crippen LogP contribution in [0.3, 0.4) is 0 Å². The Hall–Kier alpha value is -3.97. The van der Waals surface area contributed by atoms with Gasteiger partial charge in [-0.05, 0) is 35.4 Å². The predicted octanol–water partition coefficient (Wildman–Crippen LogP) is 4.59. The second-order valence-electron chi connectivity index (χ2n) is 7.37. The molecule has 6 nitrogen and oxygen atoms in total. The molecule has 0 saturated carbocycles. The van der Waals surface area contributed by atoms with Crippen LogP contribution in [0, 0.1) is 0 Å². The van der Waals surface area contributed by atoms with Crippen LogP contribution in [0.2, 0.25) is 0 Å². The Bertz CT molecular complexity index is 1210. The van der Waals surface area contributed by atoms with Crippen molar-refractivity contribution in [2.75, 3.05) is 0 Å². The number of hydrogen-bond donors (Lipinski definition) is 3. The Balaban J connectivity index is 1.82. The Labute approximate surface area is 206 Å². The molecule has 3 N–H and O–H groups in total. The van der Waals surface area contributed by atoms with E-state index < -0.39 is 23.8 Å². The standard InChI is InChI=1S/C27H23BrN2O4/c28-22-15-8-14-21(18-22)25(31)29-23(16-7-13-19-9-3-1-4-10-19)26(32)30-24(27(33)34)17-20-11-5-2-6-12-20/h1-16,18,24H,17H2,(H,29,31)(H,30,32)(H,33,34). The van der Waals surface area contributed by atoms with Gasteiger partial charge in [0.1, 0.15) is 11.7 Å². The van der Waals surface area contributed by atoms with Gasteiger partial charge in [-0.3, -0.25) is 9.59 Å². The van der Waals surface area contributed by atoms with Crippen molar-refractivity contribution in [3.63, 3.8) is 0 Å². The van der Waals surface area contributed by atoms with Gasteiger partial charge in [-0.15, -0.1) is 0 Å². The lowest BCUT2D eigenvalue weighted by Gasteiger charge is -2.16. The summed E-state index contributed by atoms with van der Waals surface area (Å²) >= 11 is 3.32. The number of carboxylic acids is 1. The summed E-state index contributed by atoms with van der Waals surface area (Å²) < 4.78 is 0.716. The number of halogens is 1. The molecule has 3 rings (SSSR count). The molecule has 2 amide bonds. The second kappa shape index (κ2) is 12.3. The molecule has 0 radical (unpaired) electrons. The van der Waals surface area contributed by atoms with Crippen molar-refractivity contribution in [3.05, 3.63) is 124 Å². The van der Waals surface area contributed by atoms with E-state index in [1.54, 1.807) is 60.7 Å². The minimum Gasteiger partial charge on any atom is -0.480 e. The fourth-order valence-electron chi connectivity index (χ4n) is 3.10. The van der Waals surface area contributed by atoms with Gasteiger partial charge in [-0.2, -0.15) is 0 Å². The van der Waals surface area contributed by atoms with E-state index in [1.165, 1.54) is 6.08 Å². The molecule has 3 aromatic rings. The van der Waals surface area contributed by atoms with Crippen molar-refractivity contribution in [1.29, 1.82) is 0 Å². The highest BCUT2D eigenvalue weighted by molar-refractivity contribution is 9.10. The highest BCUT2D eigenvalue weighted by Crippen LogP contribution is 2.12. The molecular weight excluding hydrogens is 496 g/mol. The molecule has 7 heteroatoms. The molecule has 0 aliphatic rings. The number of carboxylic acid groups (broad SMARTS) is 1. The summed E-state index contributed by atoms with van der Waals surface area (Å²) in [6.45, 7) is 0. The summed E-state index contributed by atoms with van der Waals surface area (Å²) in [6, 6.07) is 24.0. The van der Waals surface area contributed by atoms with E-state index in [0.717, 1.165) is 11.1 Å². The van der Waals surface area contributed by atoms with Crippen LogP contribution in [0.15, 0.2) is 107 Å². The minimum absolute atomic E-state index is 0.0727. The zero-order valence-corrected chi connectivity index (χ0v) is 19.7. The number of carbonyl (C=O) groups excluding carboxylic acids is 2. The third kappa shape index (κ3) is 7.56. The van der Waals surface area contributed by atoms with Crippen LogP contribution in [0.5, 0.6) is 0 Å². The lowest BCUT2D eigenvalue weighted by molar-refractivity contribution is -0.141. The first-order valence-electron chi connectivity index (χ1n) is 10.5. The predicted molar refractivity (Wildman–Crippen MR) is 135 cm³/mol. The Morgan fingerprint density at radius 1 is 0.912 bits per heavy atom. The third-order valence-electron chi connectivity index (χ3n) is 4.82. The average molecular weight is 519 g/mol. The summed E-state index contributed by atoms with van der Waals surface area (Å²) in [5.41, 5.74) is 1.95. The lowest BCUT2D eigenvalue weighted by Crippen LogP contribution is -2.45. The van der Waals surface area contributed by atoms with E-state index in [2.05, 4.69) is 26.6 Å². The number of allylic oxidation sites excluding steroid dienone is 2. The number of hydrogen-bond acceptors (Lipinski definition) is 3. The molecule has 0 heterocycles. The summed E-state index contributed by atoms with van der Waals surface area (Å²) in [4.78, 5) is 37.6. The van der Waals surface area contributed by atoms with E-state index in [1.807, 2.05) is 36.4 Å². The molecule has 0 aliphatic heterocycles. The Kier molecular flexibility index (Phi) is 8.94. The number of rotatable bonds is 9. The van der Waals surface area contributed by atoms with E-state index >= 15 is 0 Å². The fourth-order valence-corrected chi connectivity index (χ4v) is 3.50. The zero-order valence-electron chi connectivity index (χ0n) is 18.1. The highest BCUT2D eigenvalue weighted by atomic mass is 79.9. The van der Waals surface area contributed by atoms with E-state index in [4.69, 9.17) is 0 Å². The third-order valence-corrected chi connectivity index (χ3v) is 5.31. The largest absolute Gasteiger partial charge is 0.480 e. The van der Waals surface area contributed by atoms with E-state index in [0.29, 0.717) is 10.0 Å². The Morgan fingerprint density at radius 3 is 2.24 bits per heavy atom. The molecule has 34 heavy (non-hydrogen) atoms. The summed E-state index contributed by atoms with van der Waals surface area (Å²) in [7, 11) is 0. The van der Waals surface area contributed by atoms with Crippen molar-refractivity contribution in [2.24, 2.45) is 0 Å². The molecule has 1 unspecified atom stereocenters. The van der Waals surface area contributed by atoms with Gasteiger partial charge in [-0.25, -0.2) is 4.79 Å². The van der Waals surface area contributed by atoms with E-state index in [-0.39, 0.29) is 12.1 Å². The van der Waals surface area contributed by atoms with Gasteiger partial charge in [0.15, 0.2) is 0 Å². The molecule has 0 bridgehead atoms. The summed E-state index contributed by atoms with van der Waals surface area (Å²) in [6.07, 6.45) is 4.95. The molecule has 0 saturated heterocycles. The fraction of sp³-hybridized carbons (Fsp3) is 0.0741. The average Bonchev–Trinajstić information content (AvgIpc) is 2.84. The van der Waals surface area contributed by atoms with Crippen LogP contribution in [0.4, 0.5) is 0 Å². The topological polar surface area (TPSA) is 95.5 Å². The number of nitrogens with one attached hydrogen (secondary N) is 2. The normalized spacial score (nSPS) is 12.2. The van der Waals surface area contributed by atoms with Gasteiger partial charge in [-0.1, -0.05) is 94.8 Å². The van der Waals surface area contributed by atoms with Crippen LogP contribution in [0.1, 0.15) is 21.5 Å². The van der Waals surface area contributed by atoms with Gasteiger partial charge in [0, 0.05) is 16.5 Å². The first-order chi connectivity index (χ1) is 16.4. The minimum atomic E-state index is -1.17. The van der Waals surface area contributed by atoms with Crippen LogP contribution < -0.4 is 10.6 Å². The molecule has 3 aromatic carbocycles. The lowest BCUT2D eigenvalue weighted by atomic mass is 10.1. The van der Waals surface area contributed by atoms with Crippen LogP contribution >= 0.6 is 15.9 Å². The number of amides is 2. The maximum Gasteiger partial charge on any atom is 0.326 e. The summed E-state index contributed by atoms with van der Waals surface area (Å²) in [5, 5.41) is 14.8. The van der Waals surface area contributed by atoms with Crippen molar-refractivity contribution >= 4 is 39.8 Å². The van der Waals surface area contributed by atoms with Crippen molar-refractivity contribution in [2.45, 2.75) is 12.5 Å². The van der Waals surface area contributed by atoms with Crippen LogP contribution in [0.25, 0.3) is 6.08 Å². The maximum absolute atomic E-state index is 13.0. The monoisotopic (exact) mass is 518 g/mol. The quantitative estimate of drug-likeness (QED) is 0.285. The molecule has 1 atom stereocenters.